The highest BCUT2D eigenvalue weighted by Crippen LogP contribution is 2.22. The molecule has 1 aromatic heterocycles. The number of rotatable bonds is 4. The standard InChI is InChI=1S/C20H21FN4O/c1-15(26)25(19-5-3-18(21)4-6-19)14-17-2-7-20(23-13-17)24-10-8-16(12-22)9-11-24/h2-7,13,16H,8-11,14H2,1H3. The van der Waals surface area contributed by atoms with Crippen LogP contribution >= 0.6 is 0 Å². The van der Waals surface area contributed by atoms with Crippen molar-refractivity contribution >= 4 is 17.4 Å². The highest BCUT2D eigenvalue weighted by atomic mass is 19.1. The van der Waals surface area contributed by atoms with E-state index in [-0.39, 0.29) is 17.6 Å². The second-order valence-electron chi connectivity index (χ2n) is 6.50. The molecule has 5 nitrogen and oxygen atoms in total. The molecule has 1 aliphatic heterocycles. The van der Waals surface area contributed by atoms with Crippen LogP contribution in [0.4, 0.5) is 15.9 Å². The zero-order chi connectivity index (χ0) is 18.5. The Labute approximate surface area is 152 Å². The summed E-state index contributed by atoms with van der Waals surface area (Å²) in [6.07, 6.45) is 3.50. The Balaban J connectivity index is 1.68. The van der Waals surface area contributed by atoms with Gasteiger partial charge < -0.3 is 9.80 Å². The number of benzene rings is 1. The maximum Gasteiger partial charge on any atom is 0.224 e. The number of anilines is 2. The minimum Gasteiger partial charge on any atom is -0.357 e. The maximum absolute atomic E-state index is 13.1. The van der Waals surface area contributed by atoms with Gasteiger partial charge in [0.05, 0.1) is 12.6 Å². The van der Waals surface area contributed by atoms with E-state index >= 15 is 0 Å². The summed E-state index contributed by atoms with van der Waals surface area (Å²) in [5, 5.41) is 8.98. The van der Waals surface area contributed by atoms with E-state index in [1.54, 1.807) is 23.2 Å². The van der Waals surface area contributed by atoms with Gasteiger partial charge in [0.2, 0.25) is 5.91 Å². The van der Waals surface area contributed by atoms with Crippen LogP contribution in [0.3, 0.4) is 0 Å². The number of pyridine rings is 1. The number of carbonyl (C=O) groups excluding carboxylic acids is 1. The Morgan fingerprint density at radius 3 is 2.50 bits per heavy atom. The number of hydrogen-bond donors (Lipinski definition) is 0. The molecule has 6 heteroatoms. The number of halogens is 1. The van der Waals surface area contributed by atoms with Crippen molar-refractivity contribution in [2.24, 2.45) is 5.92 Å². The van der Waals surface area contributed by atoms with Gasteiger partial charge in [0.25, 0.3) is 0 Å². The lowest BCUT2D eigenvalue weighted by atomic mass is 9.99. The molecule has 1 saturated heterocycles. The van der Waals surface area contributed by atoms with E-state index in [0.29, 0.717) is 12.2 Å². The summed E-state index contributed by atoms with van der Waals surface area (Å²) in [5.41, 5.74) is 1.56. The maximum atomic E-state index is 13.1. The molecule has 0 spiro atoms. The predicted octanol–water partition coefficient (Wildman–Crippen LogP) is 3.51. The molecule has 1 fully saturated rings. The zero-order valence-electron chi connectivity index (χ0n) is 14.7. The number of carbonyl (C=O) groups is 1. The van der Waals surface area contributed by atoms with Gasteiger partial charge >= 0.3 is 0 Å². The van der Waals surface area contributed by atoms with Crippen LogP contribution in [0.2, 0.25) is 0 Å². The molecule has 1 amide bonds. The summed E-state index contributed by atoms with van der Waals surface area (Å²) in [4.78, 5) is 20.3. The number of nitriles is 1. The fourth-order valence-electron chi connectivity index (χ4n) is 3.12. The molecule has 26 heavy (non-hydrogen) atoms. The minimum atomic E-state index is -0.330. The van der Waals surface area contributed by atoms with Gasteiger partial charge in [-0.15, -0.1) is 0 Å². The van der Waals surface area contributed by atoms with Crippen molar-refractivity contribution in [1.29, 1.82) is 5.26 Å². The molecule has 1 aromatic carbocycles. The smallest absolute Gasteiger partial charge is 0.224 e. The van der Waals surface area contributed by atoms with Crippen LogP contribution in [0.5, 0.6) is 0 Å². The van der Waals surface area contributed by atoms with Crippen molar-refractivity contribution in [3.8, 4) is 6.07 Å². The third kappa shape index (κ3) is 4.17. The van der Waals surface area contributed by atoms with E-state index in [4.69, 9.17) is 5.26 Å². The largest absolute Gasteiger partial charge is 0.357 e. The summed E-state index contributed by atoms with van der Waals surface area (Å²) in [6.45, 7) is 3.54. The van der Waals surface area contributed by atoms with Crippen LogP contribution in [0.15, 0.2) is 42.6 Å². The molecule has 0 radical (unpaired) electrons. The van der Waals surface area contributed by atoms with Crippen molar-refractivity contribution in [2.45, 2.75) is 26.3 Å². The fourth-order valence-corrected chi connectivity index (χ4v) is 3.12. The molecule has 1 aliphatic rings. The summed E-state index contributed by atoms with van der Waals surface area (Å²) < 4.78 is 13.1. The monoisotopic (exact) mass is 352 g/mol. The molecule has 0 atom stereocenters. The third-order valence-electron chi connectivity index (χ3n) is 4.67. The zero-order valence-corrected chi connectivity index (χ0v) is 14.7. The van der Waals surface area contributed by atoms with E-state index in [2.05, 4.69) is 16.0 Å². The Morgan fingerprint density at radius 2 is 1.96 bits per heavy atom. The number of nitrogens with zero attached hydrogens (tertiary/aromatic N) is 4. The van der Waals surface area contributed by atoms with Gasteiger partial charge in [-0.1, -0.05) is 6.07 Å². The Morgan fingerprint density at radius 1 is 1.27 bits per heavy atom. The van der Waals surface area contributed by atoms with E-state index in [9.17, 15) is 9.18 Å². The molecule has 134 valence electrons. The van der Waals surface area contributed by atoms with E-state index in [1.165, 1.54) is 19.1 Å². The van der Waals surface area contributed by atoms with Crippen LogP contribution < -0.4 is 9.80 Å². The quantitative estimate of drug-likeness (QED) is 0.845. The molecule has 2 heterocycles. The summed E-state index contributed by atoms with van der Waals surface area (Å²) in [5.74, 6) is 0.592. The second-order valence-corrected chi connectivity index (χ2v) is 6.50. The van der Waals surface area contributed by atoms with Gasteiger partial charge in [-0.05, 0) is 48.7 Å². The minimum absolute atomic E-state index is 0.112. The van der Waals surface area contributed by atoms with Gasteiger partial charge in [0.15, 0.2) is 0 Å². The van der Waals surface area contributed by atoms with Crippen LogP contribution in [0, 0.1) is 23.1 Å². The summed E-state index contributed by atoms with van der Waals surface area (Å²) in [7, 11) is 0. The van der Waals surface area contributed by atoms with Crippen LogP contribution in [0.1, 0.15) is 25.3 Å². The lowest BCUT2D eigenvalue weighted by molar-refractivity contribution is -0.116. The highest BCUT2D eigenvalue weighted by molar-refractivity contribution is 5.91. The Bertz CT molecular complexity index is 790. The Hall–Kier alpha value is -2.94. The van der Waals surface area contributed by atoms with E-state index in [0.717, 1.165) is 37.3 Å². The predicted molar refractivity (Wildman–Crippen MR) is 98.1 cm³/mol. The lowest BCUT2D eigenvalue weighted by Gasteiger charge is -2.30. The molecule has 0 unspecified atom stereocenters. The van der Waals surface area contributed by atoms with Gasteiger partial charge in [-0.3, -0.25) is 4.79 Å². The average molecular weight is 352 g/mol. The SMILES string of the molecule is CC(=O)N(Cc1ccc(N2CCC(C#N)CC2)nc1)c1ccc(F)cc1. The fraction of sp³-hybridized carbons (Fsp3) is 0.350. The van der Waals surface area contributed by atoms with Crippen molar-refractivity contribution in [1.82, 2.24) is 4.98 Å². The van der Waals surface area contributed by atoms with Crippen molar-refractivity contribution in [3.63, 3.8) is 0 Å². The molecule has 2 aromatic rings. The van der Waals surface area contributed by atoms with Crippen LogP contribution in [-0.2, 0) is 11.3 Å². The highest BCUT2D eigenvalue weighted by Gasteiger charge is 2.20. The van der Waals surface area contributed by atoms with Gasteiger partial charge in [-0.2, -0.15) is 5.26 Å². The topological polar surface area (TPSA) is 60.2 Å². The second kappa shape index (κ2) is 7.96. The third-order valence-corrected chi connectivity index (χ3v) is 4.67. The molecule has 0 N–H and O–H groups in total. The van der Waals surface area contributed by atoms with Crippen molar-refractivity contribution < 1.29 is 9.18 Å². The first-order valence-corrected chi connectivity index (χ1v) is 8.70. The van der Waals surface area contributed by atoms with E-state index in [1.807, 2.05) is 12.1 Å². The first-order chi connectivity index (χ1) is 12.6. The lowest BCUT2D eigenvalue weighted by Crippen LogP contribution is -2.33. The first kappa shape index (κ1) is 17.9. The molecular formula is C20H21FN4O. The molecule has 0 bridgehead atoms. The number of piperidine rings is 1. The molecular weight excluding hydrogens is 331 g/mol. The first-order valence-electron chi connectivity index (χ1n) is 8.70. The van der Waals surface area contributed by atoms with Crippen molar-refractivity contribution in [3.05, 3.63) is 54.0 Å². The van der Waals surface area contributed by atoms with Crippen molar-refractivity contribution in [2.75, 3.05) is 22.9 Å². The van der Waals surface area contributed by atoms with E-state index < -0.39 is 0 Å². The Kier molecular flexibility index (Phi) is 5.47. The molecule has 0 saturated carbocycles. The van der Waals surface area contributed by atoms with Gasteiger partial charge in [0.1, 0.15) is 11.6 Å². The van der Waals surface area contributed by atoms with Crippen LogP contribution in [0.25, 0.3) is 0 Å². The summed E-state index contributed by atoms with van der Waals surface area (Å²) >= 11 is 0. The number of aromatic nitrogens is 1. The van der Waals surface area contributed by atoms with Crippen LogP contribution in [-0.4, -0.2) is 24.0 Å². The molecule has 0 aliphatic carbocycles. The summed E-state index contributed by atoms with van der Waals surface area (Å²) in [6, 6.07) is 12.1. The van der Waals surface area contributed by atoms with Gasteiger partial charge in [0, 0.05) is 37.8 Å². The molecule has 3 rings (SSSR count). The normalized spacial score (nSPS) is 14.7. The number of amides is 1. The number of hydrogen-bond acceptors (Lipinski definition) is 4. The average Bonchev–Trinajstić information content (AvgIpc) is 2.67. The van der Waals surface area contributed by atoms with Gasteiger partial charge in [-0.25, -0.2) is 9.37 Å².